The van der Waals surface area contributed by atoms with Crippen LogP contribution in [0.1, 0.15) is 36.5 Å². The molecule has 0 spiro atoms. The van der Waals surface area contributed by atoms with Gasteiger partial charge in [0.15, 0.2) is 0 Å². The van der Waals surface area contributed by atoms with E-state index in [-0.39, 0.29) is 11.9 Å². The predicted octanol–water partition coefficient (Wildman–Crippen LogP) is 2.69. The number of halogens is 1. The van der Waals surface area contributed by atoms with Crippen molar-refractivity contribution in [3.63, 3.8) is 0 Å². The smallest absolute Gasteiger partial charge is 0.257 e. The predicted molar refractivity (Wildman–Crippen MR) is 80.4 cm³/mol. The number of ether oxygens (including phenoxy) is 1. The van der Waals surface area contributed by atoms with Gasteiger partial charge in [-0.1, -0.05) is 18.5 Å². The Bertz CT molecular complexity index is 479. The number of carbonyl (C=O) groups is 1. The third-order valence-electron chi connectivity index (χ3n) is 3.38. The molecule has 20 heavy (non-hydrogen) atoms. The molecule has 0 aliphatic carbocycles. The number of carbonyl (C=O) groups excluding carboxylic acids is 1. The first kappa shape index (κ1) is 15.1. The maximum Gasteiger partial charge on any atom is 0.257 e. The van der Waals surface area contributed by atoms with Crippen LogP contribution in [0.4, 0.5) is 0 Å². The molecule has 5 heteroatoms. The Labute approximate surface area is 124 Å². The minimum atomic E-state index is -0.0475. The van der Waals surface area contributed by atoms with Gasteiger partial charge in [-0.25, -0.2) is 0 Å². The number of amides is 1. The van der Waals surface area contributed by atoms with Crippen molar-refractivity contribution < 1.29 is 9.53 Å². The van der Waals surface area contributed by atoms with Gasteiger partial charge in [-0.2, -0.15) is 0 Å². The Kier molecular flexibility index (Phi) is 5.26. The largest absolute Gasteiger partial charge is 0.493 e. The van der Waals surface area contributed by atoms with E-state index >= 15 is 0 Å². The molecule has 1 atom stereocenters. The van der Waals surface area contributed by atoms with Crippen LogP contribution in [0.5, 0.6) is 5.75 Å². The molecule has 2 rings (SSSR count). The zero-order valence-corrected chi connectivity index (χ0v) is 12.5. The lowest BCUT2D eigenvalue weighted by Gasteiger charge is -2.31. The summed E-state index contributed by atoms with van der Waals surface area (Å²) in [5.41, 5.74) is 6.47. The molecule has 1 unspecified atom stereocenters. The number of nitrogens with zero attached hydrogens (tertiary/aromatic N) is 1. The summed E-state index contributed by atoms with van der Waals surface area (Å²) in [6.07, 6.45) is 2.81. The van der Waals surface area contributed by atoms with Crippen LogP contribution in [0.25, 0.3) is 0 Å². The Balaban J connectivity index is 2.20. The summed E-state index contributed by atoms with van der Waals surface area (Å²) >= 11 is 6.01. The summed E-state index contributed by atoms with van der Waals surface area (Å²) in [4.78, 5) is 14.4. The summed E-state index contributed by atoms with van der Waals surface area (Å²) in [5.74, 6) is 0.550. The van der Waals surface area contributed by atoms with Gasteiger partial charge in [-0.3, -0.25) is 4.79 Å². The lowest BCUT2D eigenvalue weighted by Crippen LogP contribution is -2.45. The summed E-state index contributed by atoms with van der Waals surface area (Å²) in [6.45, 7) is 3.95. The minimum absolute atomic E-state index is 0.0475. The molecule has 4 nitrogen and oxygen atoms in total. The van der Waals surface area contributed by atoms with Crippen molar-refractivity contribution in [1.82, 2.24) is 4.90 Å². The molecule has 1 aromatic rings. The fourth-order valence-corrected chi connectivity index (χ4v) is 2.54. The van der Waals surface area contributed by atoms with Crippen LogP contribution >= 0.6 is 11.6 Å². The maximum absolute atomic E-state index is 12.6. The molecule has 0 aromatic heterocycles. The number of hydrogen-bond donors (Lipinski definition) is 1. The van der Waals surface area contributed by atoms with Crippen molar-refractivity contribution in [2.75, 3.05) is 19.7 Å². The summed E-state index contributed by atoms with van der Waals surface area (Å²) < 4.78 is 5.64. The van der Waals surface area contributed by atoms with E-state index < -0.39 is 0 Å². The van der Waals surface area contributed by atoms with Crippen molar-refractivity contribution in [2.24, 2.45) is 5.73 Å². The third-order valence-corrected chi connectivity index (χ3v) is 3.61. The van der Waals surface area contributed by atoms with Gasteiger partial charge in [-0.15, -0.1) is 0 Å². The van der Waals surface area contributed by atoms with Crippen LogP contribution in [0, 0.1) is 0 Å². The highest BCUT2D eigenvalue weighted by molar-refractivity contribution is 6.31. The van der Waals surface area contributed by atoms with E-state index in [1.165, 1.54) is 0 Å². The van der Waals surface area contributed by atoms with E-state index in [1.54, 1.807) is 23.1 Å². The molecule has 0 radical (unpaired) electrons. The quantitative estimate of drug-likeness (QED) is 0.929. The molecule has 1 fully saturated rings. The SMILES string of the molecule is CCCOc1ccc(Cl)cc1C(=O)N1CCCC(N)C1. The standard InChI is InChI=1S/C15H21ClN2O2/c1-2-8-20-14-6-5-11(16)9-13(14)15(19)18-7-3-4-12(17)10-18/h5-6,9,12H,2-4,7-8,10,17H2,1H3. The fourth-order valence-electron chi connectivity index (χ4n) is 2.37. The molecule has 2 N–H and O–H groups in total. The van der Waals surface area contributed by atoms with E-state index in [0.717, 1.165) is 25.8 Å². The Morgan fingerprint density at radius 3 is 3.05 bits per heavy atom. The highest BCUT2D eigenvalue weighted by Gasteiger charge is 2.24. The van der Waals surface area contributed by atoms with Crippen molar-refractivity contribution in [1.29, 1.82) is 0 Å². The highest BCUT2D eigenvalue weighted by Crippen LogP contribution is 2.25. The van der Waals surface area contributed by atoms with E-state index in [2.05, 4.69) is 0 Å². The van der Waals surface area contributed by atoms with E-state index in [9.17, 15) is 4.79 Å². The number of nitrogens with two attached hydrogens (primary N) is 1. The van der Waals surface area contributed by atoms with Gasteiger partial charge in [-0.05, 0) is 37.5 Å². The zero-order valence-electron chi connectivity index (χ0n) is 11.8. The lowest BCUT2D eigenvalue weighted by atomic mass is 10.0. The molecule has 110 valence electrons. The van der Waals surface area contributed by atoms with Crippen molar-refractivity contribution in [3.05, 3.63) is 28.8 Å². The molecular weight excluding hydrogens is 276 g/mol. The van der Waals surface area contributed by atoms with Gasteiger partial charge in [0.2, 0.25) is 0 Å². The molecule has 1 aliphatic rings. The van der Waals surface area contributed by atoms with Gasteiger partial charge in [0, 0.05) is 24.2 Å². The first-order valence-corrected chi connectivity index (χ1v) is 7.46. The van der Waals surface area contributed by atoms with E-state index in [0.29, 0.717) is 29.5 Å². The molecule has 1 heterocycles. The number of hydrogen-bond acceptors (Lipinski definition) is 3. The number of piperidine rings is 1. The average Bonchev–Trinajstić information content (AvgIpc) is 2.45. The second-order valence-corrected chi connectivity index (χ2v) is 5.58. The molecule has 1 aliphatic heterocycles. The van der Waals surface area contributed by atoms with Crippen molar-refractivity contribution >= 4 is 17.5 Å². The van der Waals surface area contributed by atoms with Gasteiger partial charge >= 0.3 is 0 Å². The first-order chi connectivity index (χ1) is 9.61. The Hall–Kier alpha value is -1.26. The normalized spacial score (nSPS) is 18.9. The van der Waals surface area contributed by atoms with Crippen LogP contribution < -0.4 is 10.5 Å². The highest BCUT2D eigenvalue weighted by atomic mass is 35.5. The minimum Gasteiger partial charge on any atom is -0.493 e. The van der Waals surface area contributed by atoms with Gasteiger partial charge in [0.1, 0.15) is 5.75 Å². The van der Waals surface area contributed by atoms with E-state index in [1.807, 2.05) is 6.92 Å². The van der Waals surface area contributed by atoms with Crippen molar-refractivity contribution in [2.45, 2.75) is 32.2 Å². The van der Waals surface area contributed by atoms with Crippen LogP contribution in [0.2, 0.25) is 5.02 Å². The van der Waals surface area contributed by atoms with Crippen LogP contribution in [0.15, 0.2) is 18.2 Å². The van der Waals surface area contributed by atoms with Crippen LogP contribution in [-0.2, 0) is 0 Å². The van der Waals surface area contributed by atoms with Crippen LogP contribution in [0.3, 0.4) is 0 Å². The van der Waals surface area contributed by atoms with E-state index in [4.69, 9.17) is 22.1 Å². The van der Waals surface area contributed by atoms with Gasteiger partial charge < -0.3 is 15.4 Å². The molecule has 1 aromatic carbocycles. The second kappa shape index (κ2) is 6.95. The molecule has 0 bridgehead atoms. The second-order valence-electron chi connectivity index (χ2n) is 5.14. The number of rotatable bonds is 4. The number of likely N-dealkylation sites (tertiary alicyclic amines) is 1. The molecule has 1 saturated heterocycles. The Morgan fingerprint density at radius 1 is 1.55 bits per heavy atom. The Morgan fingerprint density at radius 2 is 2.35 bits per heavy atom. The topological polar surface area (TPSA) is 55.6 Å². The average molecular weight is 297 g/mol. The maximum atomic E-state index is 12.6. The lowest BCUT2D eigenvalue weighted by molar-refractivity contribution is 0.0704. The van der Waals surface area contributed by atoms with Crippen molar-refractivity contribution in [3.8, 4) is 5.75 Å². The summed E-state index contributed by atoms with van der Waals surface area (Å²) in [7, 11) is 0. The monoisotopic (exact) mass is 296 g/mol. The molecular formula is C15H21ClN2O2. The fraction of sp³-hybridized carbons (Fsp3) is 0.533. The molecule has 1 amide bonds. The molecule has 0 saturated carbocycles. The summed E-state index contributed by atoms with van der Waals surface area (Å²) in [5, 5.41) is 0.540. The summed E-state index contributed by atoms with van der Waals surface area (Å²) in [6, 6.07) is 5.24. The van der Waals surface area contributed by atoms with Gasteiger partial charge in [0.05, 0.1) is 12.2 Å². The number of benzene rings is 1. The first-order valence-electron chi connectivity index (χ1n) is 7.09. The third kappa shape index (κ3) is 3.64. The van der Waals surface area contributed by atoms with Gasteiger partial charge in [0.25, 0.3) is 5.91 Å². The zero-order chi connectivity index (χ0) is 14.5. The van der Waals surface area contributed by atoms with Crippen LogP contribution in [-0.4, -0.2) is 36.5 Å².